The van der Waals surface area contributed by atoms with Crippen molar-refractivity contribution < 1.29 is 4.74 Å². The fraction of sp³-hybridized carbons (Fsp3) is 1.00. The Morgan fingerprint density at radius 2 is 2.13 bits per heavy atom. The summed E-state index contributed by atoms with van der Waals surface area (Å²) in [6.45, 7) is 8.60. The van der Waals surface area contributed by atoms with Crippen LogP contribution in [-0.4, -0.2) is 26.3 Å². The van der Waals surface area contributed by atoms with E-state index in [1.807, 2.05) is 0 Å². The predicted molar refractivity (Wildman–Crippen MR) is 65.1 cm³/mol. The van der Waals surface area contributed by atoms with Crippen molar-refractivity contribution in [3.63, 3.8) is 0 Å². The molecular weight excluding hydrogens is 186 g/mol. The molecule has 0 aromatic heterocycles. The lowest BCUT2D eigenvalue weighted by molar-refractivity contribution is 0.132. The average molecular weight is 213 g/mol. The van der Waals surface area contributed by atoms with Crippen LogP contribution >= 0.6 is 0 Å². The van der Waals surface area contributed by atoms with E-state index in [0.717, 1.165) is 31.6 Å². The smallest absolute Gasteiger partial charge is 0.0590 e. The van der Waals surface area contributed by atoms with Crippen LogP contribution in [0.4, 0.5) is 0 Å². The highest BCUT2D eigenvalue weighted by Crippen LogP contribution is 2.30. The minimum atomic E-state index is 0.876. The zero-order valence-electron chi connectivity index (χ0n) is 10.4. The summed E-state index contributed by atoms with van der Waals surface area (Å²) in [5.74, 6) is 1.85. The topological polar surface area (TPSA) is 21.3 Å². The normalized spacial score (nSPS) is 26.0. The van der Waals surface area contributed by atoms with Gasteiger partial charge in [-0.1, -0.05) is 33.1 Å². The second kappa shape index (κ2) is 8.12. The Kier molecular flexibility index (Phi) is 7.03. The number of nitrogens with one attached hydrogen (secondary N) is 1. The summed E-state index contributed by atoms with van der Waals surface area (Å²) in [7, 11) is 0. The third kappa shape index (κ3) is 5.53. The summed E-state index contributed by atoms with van der Waals surface area (Å²) >= 11 is 0. The van der Waals surface area contributed by atoms with E-state index in [-0.39, 0.29) is 0 Å². The second-order valence-electron chi connectivity index (χ2n) is 4.84. The standard InChI is InChI=1S/C13H27NO/c1-3-4-9-15-10-8-14-11-13-7-5-6-12(13)2/h12-14H,3-11H2,1-2H3. The van der Waals surface area contributed by atoms with E-state index in [1.165, 1.54) is 38.6 Å². The number of rotatable bonds is 8. The SMILES string of the molecule is CCCCOCCNCC1CCCC1C. The van der Waals surface area contributed by atoms with E-state index in [9.17, 15) is 0 Å². The van der Waals surface area contributed by atoms with Crippen molar-refractivity contribution >= 4 is 0 Å². The molecule has 0 heterocycles. The first-order valence-corrected chi connectivity index (χ1v) is 6.63. The van der Waals surface area contributed by atoms with Crippen molar-refractivity contribution in [3.05, 3.63) is 0 Å². The zero-order valence-corrected chi connectivity index (χ0v) is 10.4. The first-order valence-electron chi connectivity index (χ1n) is 6.63. The Bertz CT molecular complexity index is 149. The number of hydrogen-bond acceptors (Lipinski definition) is 2. The molecule has 0 spiro atoms. The van der Waals surface area contributed by atoms with Crippen LogP contribution < -0.4 is 5.32 Å². The summed E-state index contributed by atoms with van der Waals surface area (Å²) in [6, 6.07) is 0. The van der Waals surface area contributed by atoms with Crippen molar-refractivity contribution in [2.45, 2.75) is 46.0 Å². The molecule has 0 aromatic rings. The molecule has 1 rings (SSSR count). The summed E-state index contributed by atoms with van der Waals surface area (Å²) in [6.07, 6.45) is 6.71. The molecule has 0 saturated heterocycles. The molecule has 0 bridgehead atoms. The third-order valence-electron chi connectivity index (χ3n) is 3.51. The van der Waals surface area contributed by atoms with E-state index in [0.29, 0.717) is 0 Å². The van der Waals surface area contributed by atoms with E-state index in [1.54, 1.807) is 0 Å². The maximum atomic E-state index is 5.50. The second-order valence-corrected chi connectivity index (χ2v) is 4.84. The highest BCUT2D eigenvalue weighted by molar-refractivity contribution is 4.75. The molecule has 1 saturated carbocycles. The van der Waals surface area contributed by atoms with Crippen molar-refractivity contribution in [2.24, 2.45) is 11.8 Å². The minimum Gasteiger partial charge on any atom is -0.380 e. The first kappa shape index (κ1) is 13.0. The van der Waals surface area contributed by atoms with Crippen LogP contribution in [0.2, 0.25) is 0 Å². The van der Waals surface area contributed by atoms with Gasteiger partial charge in [0.1, 0.15) is 0 Å². The van der Waals surface area contributed by atoms with Crippen LogP contribution in [-0.2, 0) is 4.74 Å². The summed E-state index contributed by atoms with van der Waals surface area (Å²) < 4.78 is 5.50. The molecule has 15 heavy (non-hydrogen) atoms. The van der Waals surface area contributed by atoms with Crippen LogP contribution in [0.1, 0.15) is 46.0 Å². The van der Waals surface area contributed by atoms with Gasteiger partial charge in [-0.05, 0) is 31.2 Å². The molecular formula is C13H27NO. The molecule has 90 valence electrons. The molecule has 0 aromatic carbocycles. The van der Waals surface area contributed by atoms with E-state index in [2.05, 4.69) is 19.2 Å². The highest BCUT2D eigenvalue weighted by atomic mass is 16.5. The van der Waals surface area contributed by atoms with Gasteiger partial charge >= 0.3 is 0 Å². The van der Waals surface area contributed by atoms with E-state index in [4.69, 9.17) is 4.74 Å². The summed E-state index contributed by atoms with van der Waals surface area (Å²) in [4.78, 5) is 0. The van der Waals surface area contributed by atoms with Gasteiger partial charge in [0.15, 0.2) is 0 Å². The maximum Gasteiger partial charge on any atom is 0.0590 e. The van der Waals surface area contributed by atoms with Gasteiger partial charge in [0.05, 0.1) is 6.61 Å². The first-order chi connectivity index (χ1) is 7.34. The Hall–Kier alpha value is -0.0800. The van der Waals surface area contributed by atoms with Gasteiger partial charge in [0.25, 0.3) is 0 Å². The van der Waals surface area contributed by atoms with E-state index >= 15 is 0 Å². The predicted octanol–water partition coefficient (Wildman–Crippen LogP) is 2.83. The Labute approximate surface area is 94.8 Å². The van der Waals surface area contributed by atoms with Crippen molar-refractivity contribution in [3.8, 4) is 0 Å². The molecule has 0 aliphatic heterocycles. The highest BCUT2D eigenvalue weighted by Gasteiger charge is 2.22. The fourth-order valence-electron chi connectivity index (χ4n) is 2.31. The van der Waals surface area contributed by atoms with Crippen molar-refractivity contribution in [2.75, 3.05) is 26.3 Å². The molecule has 0 amide bonds. The quantitative estimate of drug-likeness (QED) is 0.626. The lowest BCUT2D eigenvalue weighted by Crippen LogP contribution is -2.27. The van der Waals surface area contributed by atoms with Crippen LogP contribution in [0.15, 0.2) is 0 Å². The number of ether oxygens (including phenoxy) is 1. The minimum absolute atomic E-state index is 0.876. The molecule has 1 fully saturated rings. The van der Waals surface area contributed by atoms with Gasteiger partial charge in [-0.3, -0.25) is 0 Å². The van der Waals surface area contributed by atoms with E-state index < -0.39 is 0 Å². The third-order valence-corrected chi connectivity index (χ3v) is 3.51. The van der Waals surface area contributed by atoms with Gasteiger partial charge < -0.3 is 10.1 Å². The zero-order chi connectivity index (χ0) is 10.9. The van der Waals surface area contributed by atoms with Crippen LogP contribution in [0, 0.1) is 11.8 Å². The lowest BCUT2D eigenvalue weighted by atomic mass is 9.98. The van der Waals surface area contributed by atoms with Crippen molar-refractivity contribution in [1.29, 1.82) is 0 Å². The lowest BCUT2D eigenvalue weighted by Gasteiger charge is -2.15. The van der Waals surface area contributed by atoms with Gasteiger partial charge in [-0.2, -0.15) is 0 Å². The largest absolute Gasteiger partial charge is 0.380 e. The van der Waals surface area contributed by atoms with Gasteiger partial charge in [0.2, 0.25) is 0 Å². The molecule has 2 atom stereocenters. The van der Waals surface area contributed by atoms with Crippen LogP contribution in [0.25, 0.3) is 0 Å². The van der Waals surface area contributed by atoms with Gasteiger partial charge in [-0.15, -0.1) is 0 Å². The Balaban J connectivity index is 1.84. The molecule has 0 radical (unpaired) electrons. The molecule has 2 unspecified atom stereocenters. The molecule has 2 heteroatoms. The summed E-state index contributed by atoms with van der Waals surface area (Å²) in [5.41, 5.74) is 0. The van der Waals surface area contributed by atoms with Crippen LogP contribution in [0.3, 0.4) is 0 Å². The monoisotopic (exact) mass is 213 g/mol. The summed E-state index contributed by atoms with van der Waals surface area (Å²) in [5, 5.41) is 3.51. The molecule has 2 nitrogen and oxygen atoms in total. The Morgan fingerprint density at radius 3 is 2.80 bits per heavy atom. The van der Waals surface area contributed by atoms with Crippen LogP contribution in [0.5, 0.6) is 0 Å². The average Bonchev–Trinajstić information content (AvgIpc) is 2.63. The Morgan fingerprint density at radius 1 is 1.27 bits per heavy atom. The van der Waals surface area contributed by atoms with Gasteiger partial charge in [0, 0.05) is 13.2 Å². The molecule has 1 aliphatic carbocycles. The number of hydrogen-bond donors (Lipinski definition) is 1. The fourth-order valence-corrected chi connectivity index (χ4v) is 2.31. The maximum absolute atomic E-state index is 5.50. The number of unbranched alkanes of at least 4 members (excludes halogenated alkanes) is 1. The molecule has 1 N–H and O–H groups in total. The molecule has 1 aliphatic rings. The van der Waals surface area contributed by atoms with Crippen molar-refractivity contribution in [1.82, 2.24) is 5.32 Å². The van der Waals surface area contributed by atoms with Gasteiger partial charge in [-0.25, -0.2) is 0 Å².